The zero-order valence-corrected chi connectivity index (χ0v) is 11.0. The third kappa shape index (κ3) is 3.76. The number of carboxylic acid groups (broad SMARTS) is 1. The Morgan fingerprint density at radius 3 is 2.33 bits per heavy atom. The van der Waals surface area contributed by atoms with Crippen LogP contribution in [0.2, 0.25) is 0 Å². The Hall–Kier alpha value is -2.04. The van der Waals surface area contributed by atoms with E-state index in [1.165, 1.54) is 6.07 Å². The van der Waals surface area contributed by atoms with Crippen molar-refractivity contribution in [3.05, 3.63) is 29.3 Å². The monoisotopic (exact) mass is 250 g/mol. The number of carboxylic acids is 1. The fourth-order valence-corrected chi connectivity index (χ4v) is 1.50. The highest BCUT2D eigenvalue weighted by Gasteiger charge is 2.15. The molecule has 0 saturated carbocycles. The zero-order chi connectivity index (χ0) is 13.9. The lowest BCUT2D eigenvalue weighted by Gasteiger charge is -2.21. The number of urea groups is 1. The molecule has 3 N–H and O–H groups in total. The first-order valence-electron chi connectivity index (χ1n) is 5.63. The molecule has 0 aliphatic rings. The second-order valence-corrected chi connectivity index (χ2v) is 5.11. The predicted molar refractivity (Wildman–Crippen MR) is 70.0 cm³/mol. The van der Waals surface area contributed by atoms with Crippen LogP contribution in [-0.4, -0.2) is 22.6 Å². The lowest BCUT2D eigenvalue weighted by atomic mass is 10.1. The van der Waals surface area contributed by atoms with E-state index in [0.29, 0.717) is 11.3 Å². The molecule has 5 nitrogen and oxygen atoms in total. The van der Waals surface area contributed by atoms with Gasteiger partial charge in [0.25, 0.3) is 0 Å². The lowest BCUT2D eigenvalue weighted by molar-refractivity contribution is 0.0696. The fourth-order valence-electron chi connectivity index (χ4n) is 1.50. The van der Waals surface area contributed by atoms with Crippen molar-refractivity contribution in [2.45, 2.75) is 33.2 Å². The maximum atomic E-state index is 11.7. The molecular weight excluding hydrogens is 232 g/mol. The summed E-state index contributed by atoms with van der Waals surface area (Å²) in [6.45, 7) is 7.27. The molecule has 0 spiro atoms. The summed E-state index contributed by atoms with van der Waals surface area (Å²) in [5, 5.41) is 14.4. The van der Waals surface area contributed by atoms with Crippen LogP contribution in [-0.2, 0) is 0 Å². The van der Waals surface area contributed by atoms with Gasteiger partial charge in [0.05, 0.1) is 5.56 Å². The normalized spacial score (nSPS) is 10.9. The summed E-state index contributed by atoms with van der Waals surface area (Å²) in [7, 11) is 0. The number of amides is 2. The molecule has 18 heavy (non-hydrogen) atoms. The molecule has 1 rings (SSSR count). The molecule has 5 heteroatoms. The number of rotatable bonds is 2. The number of aromatic carboxylic acids is 1. The molecule has 0 saturated heterocycles. The Morgan fingerprint density at radius 1 is 1.22 bits per heavy atom. The van der Waals surface area contributed by atoms with Crippen LogP contribution in [0.15, 0.2) is 18.2 Å². The first kappa shape index (κ1) is 14.0. The van der Waals surface area contributed by atoms with Gasteiger partial charge in [-0.2, -0.15) is 0 Å². The summed E-state index contributed by atoms with van der Waals surface area (Å²) in [6.07, 6.45) is 0. The van der Waals surface area contributed by atoms with Crippen molar-refractivity contribution in [1.82, 2.24) is 5.32 Å². The van der Waals surface area contributed by atoms with Gasteiger partial charge in [-0.05, 0) is 45.4 Å². The number of anilines is 1. The van der Waals surface area contributed by atoms with Crippen LogP contribution in [0.25, 0.3) is 0 Å². The Bertz CT molecular complexity index is 476. The van der Waals surface area contributed by atoms with E-state index in [-0.39, 0.29) is 17.1 Å². The molecule has 2 amide bonds. The van der Waals surface area contributed by atoms with Crippen molar-refractivity contribution in [1.29, 1.82) is 0 Å². The molecule has 0 heterocycles. The van der Waals surface area contributed by atoms with Gasteiger partial charge in [0, 0.05) is 11.2 Å². The topological polar surface area (TPSA) is 78.4 Å². The number of carbonyl (C=O) groups excluding carboxylic acids is 1. The van der Waals surface area contributed by atoms with Gasteiger partial charge in [0.1, 0.15) is 0 Å². The smallest absolute Gasteiger partial charge is 0.336 e. The van der Waals surface area contributed by atoms with Gasteiger partial charge in [-0.15, -0.1) is 0 Å². The van der Waals surface area contributed by atoms with E-state index in [4.69, 9.17) is 5.11 Å². The Balaban J connectivity index is 2.89. The second kappa shape index (κ2) is 5.08. The highest BCUT2D eigenvalue weighted by atomic mass is 16.4. The summed E-state index contributed by atoms with van der Waals surface area (Å²) < 4.78 is 0. The summed E-state index contributed by atoms with van der Waals surface area (Å²) >= 11 is 0. The summed E-state index contributed by atoms with van der Waals surface area (Å²) in [6, 6.07) is 4.42. The first-order valence-corrected chi connectivity index (χ1v) is 5.63. The average molecular weight is 250 g/mol. The number of benzene rings is 1. The third-order valence-corrected chi connectivity index (χ3v) is 2.30. The lowest BCUT2D eigenvalue weighted by Crippen LogP contribution is -2.43. The average Bonchev–Trinajstić information content (AvgIpc) is 2.17. The summed E-state index contributed by atoms with van der Waals surface area (Å²) in [5.74, 6) is -1.01. The SMILES string of the molecule is Cc1c(NC(=O)NC(C)(C)C)cccc1C(=O)O. The van der Waals surface area contributed by atoms with Crippen LogP contribution >= 0.6 is 0 Å². The van der Waals surface area contributed by atoms with Gasteiger partial charge in [-0.1, -0.05) is 6.07 Å². The first-order chi connectivity index (χ1) is 8.20. The fraction of sp³-hybridized carbons (Fsp3) is 0.385. The van der Waals surface area contributed by atoms with E-state index in [1.54, 1.807) is 19.1 Å². The van der Waals surface area contributed by atoms with Gasteiger partial charge in [-0.25, -0.2) is 9.59 Å². The number of hydrogen-bond donors (Lipinski definition) is 3. The number of carbonyl (C=O) groups is 2. The largest absolute Gasteiger partial charge is 0.478 e. The van der Waals surface area contributed by atoms with Crippen LogP contribution in [0, 0.1) is 6.92 Å². The molecule has 0 atom stereocenters. The molecule has 0 aliphatic carbocycles. The molecule has 0 aromatic heterocycles. The van der Waals surface area contributed by atoms with Crippen LogP contribution in [0.4, 0.5) is 10.5 Å². The molecule has 0 aliphatic heterocycles. The maximum absolute atomic E-state index is 11.7. The van der Waals surface area contributed by atoms with Crippen molar-refractivity contribution < 1.29 is 14.7 Å². The molecule has 0 bridgehead atoms. The molecule has 98 valence electrons. The van der Waals surface area contributed by atoms with Gasteiger partial charge in [0.15, 0.2) is 0 Å². The van der Waals surface area contributed by atoms with Crippen LogP contribution < -0.4 is 10.6 Å². The maximum Gasteiger partial charge on any atom is 0.336 e. The molecular formula is C13H18N2O3. The standard InChI is InChI=1S/C13H18N2O3/c1-8-9(11(16)17)6-5-7-10(8)14-12(18)15-13(2,3)4/h5-7H,1-4H3,(H,16,17)(H2,14,15,18). The third-order valence-electron chi connectivity index (χ3n) is 2.30. The van der Waals surface area contributed by atoms with Crippen molar-refractivity contribution in [2.24, 2.45) is 0 Å². The quantitative estimate of drug-likeness (QED) is 0.755. The summed E-state index contributed by atoms with van der Waals surface area (Å²) in [5.41, 5.74) is 0.872. The Kier molecular flexibility index (Phi) is 3.96. The highest BCUT2D eigenvalue weighted by molar-refractivity contribution is 5.95. The molecule has 1 aromatic carbocycles. The highest BCUT2D eigenvalue weighted by Crippen LogP contribution is 2.19. The minimum Gasteiger partial charge on any atom is -0.478 e. The number of nitrogens with one attached hydrogen (secondary N) is 2. The van der Waals surface area contributed by atoms with E-state index in [0.717, 1.165) is 0 Å². The molecule has 0 unspecified atom stereocenters. The molecule has 1 aromatic rings. The molecule has 0 fully saturated rings. The van der Waals surface area contributed by atoms with Crippen molar-refractivity contribution in [3.63, 3.8) is 0 Å². The van der Waals surface area contributed by atoms with Crippen LogP contribution in [0.5, 0.6) is 0 Å². The Labute approximate surface area is 106 Å². The minimum atomic E-state index is -1.01. The summed E-state index contributed by atoms with van der Waals surface area (Å²) in [4.78, 5) is 22.7. The number of hydrogen-bond acceptors (Lipinski definition) is 2. The van der Waals surface area contributed by atoms with Crippen molar-refractivity contribution in [3.8, 4) is 0 Å². The van der Waals surface area contributed by atoms with Crippen LogP contribution in [0.3, 0.4) is 0 Å². The van der Waals surface area contributed by atoms with Gasteiger partial charge >= 0.3 is 12.0 Å². The van der Waals surface area contributed by atoms with Crippen molar-refractivity contribution >= 4 is 17.7 Å². The van der Waals surface area contributed by atoms with E-state index in [9.17, 15) is 9.59 Å². The zero-order valence-electron chi connectivity index (χ0n) is 11.0. The van der Waals surface area contributed by atoms with Crippen LogP contribution in [0.1, 0.15) is 36.7 Å². The second-order valence-electron chi connectivity index (χ2n) is 5.11. The molecule has 0 radical (unpaired) electrons. The van der Waals surface area contributed by atoms with E-state index in [1.807, 2.05) is 20.8 Å². The van der Waals surface area contributed by atoms with Gasteiger partial charge < -0.3 is 15.7 Å². The van der Waals surface area contributed by atoms with Gasteiger partial charge in [0.2, 0.25) is 0 Å². The van der Waals surface area contributed by atoms with Crippen molar-refractivity contribution in [2.75, 3.05) is 5.32 Å². The van der Waals surface area contributed by atoms with E-state index in [2.05, 4.69) is 10.6 Å². The van der Waals surface area contributed by atoms with Gasteiger partial charge in [-0.3, -0.25) is 0 Å². The van der Waals surface area contributed by atoms with E-state index >= 15 is 0 Å². The van der Waals surface area contributed by atoms with E-state index < -0.39 is 5.97 Å². The predicted octanol–water partition coefficient (Wildman–Crippen LogP) is 2.61. The minimum absolute atomic E-state index is 0.184. The Morgan fingerprint density at radius 2 is 1.83 bits per heavy atom.